The van der Waals surface area contributed by atoms with Gasteiger partial charge in [0.05, 0.1) is 30.6 Å². The van der Waals surface area contributed by atoms with Crippen LogP contribution in [0.4, 0.5) is 4.79 Å². The highest BCUT2D eigenvalue weighted by Crippen LogP contribution is 2.16. The molecule has 3 rings (SSSR count). The molecule has 23 heavy (non-hydrogen) atoms. The first kappa shape index (κ1) is 15.1. The minimum atomic E-state index is -0.472. The number of carbonyl (C=O) groups is 2. The van der Waals surface area contributed by atoms with E-state index < -0.39 is 6.09 Å². The molecule has 120 valence electrons. The lowest BCUT2D eigenvalue weighted by molar-refractivity contribution is 0.0787. The largest absolute Gasteiger partial charge is 0.453 e. The monoisotopic (exact) mass is 314 g/mol. The molecule has 0 spiro atoms. The Balaban J connectivity index is 1.69. The van der Waals surface area contributed by atoms with E-state index in [2.05, 4.69) is 15.0 Å². The second-order valence-corrected chi connectivity index (χ2v) is 5.39. The van der Waals surface area contributed by atoms with E-state index in [-0.39, 0.29) is 11.9 Å². The van der Waals surface area contributed by atoms with Crippen LogP contribution in [0.25, 0.3) is 5.69 Å². The molecule has 0 aromatic carbocycles. The summed E-state index contributed by atoms with van der Waals surface area (Å²) in [6, 6.07) is 5.57. The van der Waals surface area contributed by atoms with Gasteiger partial charge in [0.1, 0.15) is 0 Å². The van der Waals surface area contributed by atoms with Crippen LogP contribution in [0.5, 0.6) is 0 Å². The minimum Gasteiger partial charge on any atom is -0.453 e. The van der Waals surface area contributed by atoms with E-state index in [4.69, 9.17) is 0 Å². The number of hydrogen-bond acceptors (Lipinski definition) is 4. The average Bonchev–Trinajstić information content (AvgIpc) is 3.26. The number of rotatable bonds is 3. The van der Waals surface area contributed by atoms with Crippen molar-refractivity contribution in [1.29, 1.82) is 0 Å². The predicted molar refractivity (Wildman–Crippen MR) is 83.4 cm³/mol. The lowest BCUT2D eigenvalue weighted by Crippen LogP contribution is -2.38. The van der Waals surface area contributed by atoms with Crippen LogP contribution in [0.15, 0.2) is 43.0 Å². The van der Waals surface area contributed by atoms with Crippen LogP contribution >= 0.6 is 0 Å². The van der Waals surface area contributed by atoms with Gasteiger partial charge in [0, 0.05) is 31.7 Å². The first-order valence-corrected chi connectivity index (χ1v) is 7.39. The molecule has 0 radical (unpaired) electrons. The normalized spacial score (nSPS) is 17.1. The maximum absolute atomic E-state index is 12.6. The van der Waals surface area contributed by atoms with Crippen molar-refractivity contribution in [3.63, 3.8) is 0 Å². The van der Waals surface area contributed by atoms with Crippen LogP contribution in [-0.2, 0) is 4.74 Å². The number of likely N-dealkylation sites (tertiary alicyclic amines) is 1. The molecule has 0 bridgehead atoms. The van der Waals surface area contributed by atoms with Gasteiger partial charge in [0.25, 0.3) is 5.91 Å². The molecule has 2 amide bonds. The van der Waals surface area contributed by atoms with Gasteiger partial charge in [0.15, 0.2) is 0 Å². The molecule has 1 fully saturated rings. The van der Waals surface area contributed by atoms with E-state index in [9.17, 15) is 9.59 Å². The Hall–Kier alpha value is -2.83. The maximum atomic E-state index is 12.6. The van der Waals surface area contributed by atoms with Crippen molar-refractivity contribution in [3.05, 3.63) is 48.5 Å². The molecule has 2 aromatic heterocycles. The van der Waals surface area contributed by atoms with Crippen LogP contribution in [0.1, 0.15) is 16.8 Å². The smallest absolute Gasteiger partial charge is 0.407 e. The SMILES string of the molecule is COC(=O)NC1CCN(C(=O)c2cncc(-n3cccc3)c2)C1. The summed E-state index contributed by atoms with van der Waals surface area (Å²) >= 11 is 0. The van der Waals surface area contributed by atoms with Gasteiger partial charge in [-0.05, 0) is 24.6 Å². The molecule has 3 heterocycles. The fraction of sp³-hybridized carbons (Fsp3) is 0.312. The third-order valence-electron chi connectivity index (χ3n) is 3.86. The standard InChI is InChI=1S/C16H18N4O3/c1-23-16(22)18-13-4-7-20(11-13)15(21)12-8-14(10-17-9-12)19-5-2-3-6-19/h2-3,5-6,8-10,13H,4,7,11H2,1H3,(H,18,22). The number of methoxy groups -OCH3 is 1. The topological polar surface area (TPSA) is 76.5 Å². The molecule has 1 unspecified atom stereocenters. The summed E-state index contributed by atoms with van der Waals surface area (Å²) in [7, 11) is 1.33. The van der Waals surface area contributed by atoms with Crippen LogP contribution in [0.2, 0.25) is 0 Å². The quantitative estimate of drug-likeness (QED) is 0.930. The van der Waals surface area contributed by atoms with Gasteiger partial charge in [-0.3, -0.25) is 9.78 Å². The van der Waals surface area contributed by atoms with Gasteiger partial charge < -0.3 is 19.5 Å². The highest BCUT2D eigenvalue weighted by molar-refractivity contribution is 5.94. The second kappa shape index (κ2) is 6.51. The zero-order valence-electron chi connectivity index (χ0n) is 12.8. The number of amides is 2. The number of nitrogens with one attached hydrogen (secondary N) is 1. The Bertz CT molecular complexity index is 699. The number of alkyl carbamates (subject to hydrolysis) is 1. The lowest BCUT2D eigenvalue weighted by Gasteiger charge is -2.17. The molecule has 7 heteroatoms. The number of aromatic nitrogens is 2. The van der Waals surface area contributed by atoms with E-state index in [1.54, 1.807) is 17.3 Å². The first-order chi connectivity index (χ1) is 11.2. The van der Waals surface area contributed by atoms with Crippen LogP contribution in [0.3, 0.4) is 0 Å². The second-order valence-electron chi connectivity index (χ2n) is 5.39. The Morgan fingerprint density at radius 2 is 2.09 bits per heavy atom. The molecule has 1 aliphatic rings. The summed E-state index contributed by atoms with van der Waals surface area (Å²) < 4.78 is 6.48. The van der Waals surface area contributed by atoms with Gasteiger partial charge in [0.2, 0.25) is 0 Å². The van der Waals surface area contributed by atoms with E-state index >= 15 is 0 Å². The predicted octanol–water partition coefficient (Wildman–Crippen LogP) is 1.44. The maximum Gasteiger partial charge on any atom is 0.407 e. The molecule has 2 aromatic rings. The summed E-state index contributed by atoms with van der Waals surface area (Å²) in [6.45, 7) is 1.07. The zero-order valence-corrected chi connectivity index (χ0v) is 12.8. The van der Waals surface area contributed by atoms with E-state index in [1.165, 1.54) is 7.11 Å². The molecule has 1 saturated heterocycles. The summed E-state index contributed by atoms with van der Waals surface area (Å²) in [5.74, 6) is -0.0827. The molecular formula is C16H18N4O3. The summed E-state index contributed by atoms with van der Waals surface area (Å²) in [5.41, 5.74) is 1.37. The Morgan fingerprint density at radius 3 is 2.83 bits per heavy atom. The molecule has 1 aliphatic heterocycles. The van der Waals surface area contributed by atoms with E-state index in [0.29, 0.717) is 25.1 Å². The molecule has 1 N–H and O–H groups in total. The van der Waals surface area contributed by atoms with E-state index in [1.807, 2.05) is 35.2 Å². The van der Waals surface area contributed by atoms with Crippen LogP contribution in [-0.4, -0.2) is 52.7 Å². The van der Waals surface area contributed by atoms with Gasteiger partial charge in [-0.2, -0.15) is 0 Å². The van der Waals surface area contributed by atoms with Crippen molar-refractivity contribution in [2.75, 3.05) is 20.2 Å². The van der Waals surface area contributed by atoms with Crippen molar-refractivity contribution in [1.82, 2.24) is 19.8 Å². The lowest BCUT2D eigenvalue weighted by atomic mass is 10.2. The van der Waals surface area contributed by atoms with Gasteiger partial charge in [-0.25, -0.2) is 4.79 Å². The number of hydrogen-bond donors (Lipinski definition) is 1. The first-order valence-electron chi connectivity index (χ1n) is 7.39. The molecule has 0 aliphatic carbocycles. The van der Waals surface area contributed by atoms with Gasteiger partial charge >= 0.3 is 6.09 Å². The number of ether oxygens (including phenoxy) is 1. The Morgan fingerprint density at radius 1 is 1.30 bits per heavy atom. The van der Waals surface area contributed by atoms with Crippen molar-refractivity contribution in [2.45, 2.75) is 12.5 Å². The van der Waals surface area contributed by atoms with Crippen molar-refractivity contribution in [2.24, 2.45) is 0 Å². The zero-order chi connectivity index (χ0) is 16.2. The Kier molecular flexibility index (Phi) is 4.27. The van der Waals surface area contributed by atoms with Gasteiger partial charge in [-0.1, -0.05) is 0 Å². The van der Waals surface area contributed by atoms with Crippen LogP contribution in [0, 0.1) is 0 Å². The van der Waals surface area contributed by atoms with Crippen molar-refractivity contribution in [3.8, 4) is 5.69 Å². The van der Waals surface area contributed by atoms with Gasteiger partial charge in [-0.15, -0.1) is 0 Å². The van der Waals surface area contributed by atoms with Crippen molar-refractivity contribution >= 4 is 12.0 Å². The average molecular weight is 314 g/mol. The number of carbonyl (C=O) groups excluding carboxylic acids is 2. The molecular weight excluding hydrogens is 296 g/mol. The summed E-state index contributed by atoms with van der Waals surface area (Å²) in [4.78, 5) is 29.7. The summed E-state index contributed by atoms with van der Waals surface area (Å²) in [6.07, 6.45) is 7.32. The highest BCUT2D eigenvalue weighted by atomic mass is 16.5. The molecule has 1 atom stereocenters. The highest BCUT2D eigenvalue weighted by Gasteiger charge is 2.28. The van der Waals surface area contributed by atoms with Crippen molar-refractivity contribution < 1.29 is 14.3 Å². The van der Waals surface area contributed by atoms with E-state index in [0.717, 1.165) is 5.69 Å². The minimum absolute atomic E-state index is 0.0769. The number of pyridine rings is 1. The molecule has 0 saturated carbocycles. The fourth-order valence-corrected chi connectivity index (χ4v) is 2.66. The van der Waals surface area contributed by atoms with Crippen LogP contribution < -0.4 is 5.32 Å². The number of nitrogens with zero attached hydrogens (tertiary/aromatic N) is 3. The molecule has 7 nitrogen and oxygen atoms in total. The third kappa shape index (κ3) is 3.33. The fourth-order valence-electron chi connectivity index (χ4n) is 2.66. The Labute approximate surface area is 133 Å². The summed E-state index contributed by atoms with van der Waals surface area (Å²) in [5, 5.41) is 2.72. The third-order valence-corrected chi connectivity index (χ3v) is 3.86.